The molecule has 1 heterocycles. The minimum atomic E-state index is -1.13. The second-order valence-electron chi connectivity index (χ2n) is 7.32. The van der Waals surface area contributed by atoms with Crippen LogP contribution in [0.15, 0.2) is 57.4 Å². The Morgan fingerprint density at radius 2 is 1.80 bits per heavy atom. The second kappa shape index (κ2) is 7.74. The van der Waals surface area contributed by atoms with Gasteiger partial charge in [0.1, 0.15) is 17.0 Å². The van der Waals surface area contributed by atoms with E-state index in [0.717, 1.165) is 5.39 Å². The number of furan rings is 1. The number of hydrogen-bond acceptors (Lipinski definition) is 4. The first-order chi connectivity index (χ1) is 14.3. The van der Waals surface area contributed by atoms with Crippen LogP contribution in [-0.4, -0.2) is 22.2 Å². The van der Waals surface area contributed by atoms with Gasteiger partial charge in [-0.2, -0.15) is 0 Å². The highest BCUT2D eigenvalue weighted by atomic mass is 79.9. The Hall–Kier alpha value is -2.90. The van der Waals surface area contributed by atoms with Crippen molar-refractivity contribution in [2.75, 3.05) is 4.90 Å². The van der Waals surface area contributed by atoms with Gasteiger partial charge in [-0.25, -0.2) is 9.18 Å². The number of aromatic carboxylic acids is 1. The largest absolute Gasteiger partial charge is 0.478 e. The number of benzene rings is 3. The van der Waals surface area contributed by atoms with E-state index in [1.54, 1.807) is 35.2 Å². The normalized spacial score (nSPS) is 11.5. The summed E-state index contributed by atoms with van der Waals surface area (Å²) >= 11 is 3.26. The molecule has 0 amide bonds. The maximum absolute atomic E-state index is 14.8. The van der Waals surface area contributed by atoms with Crippen molar-refractivity contribution >= 4 is 55.2 Å². The molecule has 0 spiro atoms. The number of halogens is 2. The van der Waals surface area contributed by atoms with Crippen LogP contribution in [0.25, 0.3) is 21.9 Å². The highest BCUT2D eigenvalue weighted by Gasteiger charge is 2.25. The molecule has 2 N–H and O–H groups in total. The molecule has 30 heavy (non-hydrogen) atoms. The van der Waals surface area contributed by atoms with Gasteiger partial charge >= 0.3 is 5.97 Å². The van der Waals surface area contributed by atoms with Gasteiger partial charge in [-0.3, -0.25) is 0 Å². The lowest BCUT2D eigenvalue weighted by Crippen LogP contribution is -2.28. The third kappa shape index (κ3) is 3.44. The molecule has 4 aromatic rings. The smallest absolute Gasteiger partial charge is 0.337 e. The molecule has 0 bridgehead atoms. The van der Waals surface area contributed by atoms with E-state index in [-0.39, 0.29) is 23.9 Å². The van der Waals surface area contributed by atoms with Crippen molar-refractivity contribution in [1.29, 1.82) is 0 Å². The zero-order valence-corrected chi connectivity index (χ0v) is 17.9. The van der Waals surface area contributed by atoms with Gasteiger partial charge < -0.3 is 19.5 Å². The number of fused-ring (bicyclic) bond motifs is 3. The summed E-state index contributed by atoms with van der Waals surface area (Å²) in [6, 6.07) is 13.0. The van der Waals surface area contributed by atoms with Gasteiger partial charge in [0.05, 0.1) is 23.5 Å². The number of aliphatic hydroxyl groups is 1. The highest BCUT2D eigenvalue weighted by Crippen LogP contribution is 2.39. The van der Waals surface area contributed by atoms with Crippen LogP contribution < -0.4 is 4.90 Å². The first kappa shape index (κ1) is 20.4. The van der Waals surface area contributed by atoms with E-state index in [1.165, 1.54) is 12.1 Å². The van der Waals surface area contributed by atoms with Crippen LogP contribution in [0.5, 0.6) is 0 Å². The molecule has 154 valence electrons. The first-order valence-electron chi connectivity index (χ1n) is 9.37. The number of anilines is 2. The SMILES string of the molecule is CC(C)N(c1ccc(Br)cc1F)c1cc2c(cc1C(=O)O)oc1ccc(CO)cc12. The Labute approximate surface area is 180 Å². The van der Waals surface area contributed by atoms with Crippen LogP contribution in [-0.2, 0) is 6.61 Å². The number of nitrogens with zero attached hydrogens (tertiary/aromatic N) is 1. The molecule has 7 heteroatoms. The van der Waals surface area contributed by atoms with Crippen LogP contribution in [0.3, 0.4) is 0 Å². The predicted molar refractivity (Wildman–Crippen MR) is 118 cm³/mol. The molecule has 1 aromatic heterocycles. The van der Waals surface area contributed by atoms with E-state index in [2.05, 4.69) is 15.9 Å². The van der Waals surface area contributed by atoms with Crippen LogP contribution >= 0.6 is 15.9 Å². The van der Waals surface area contributed by atoms with E-state index >= 15 is 0 Å². The standard InChI is InChI=1S/C23H19BrFNO4/c1-12(2)26(19-5-4-14(24)8-18(19)25)20-9-16-15-7-13(11-27)3-6-21(15)30-22(16)10-17(20)23(28)29/h3-10,12,27H,11H2,1-2H3,(H,28,29). The van der Waals surface area contributed by atoms with E-state index < -0.39 is 11.8 Å². The average Bonchev–Trinajstić information content (AvgIpc) is 3.05. The molecule has 0 unspecified atom stereocenters. The summed E-state index contributed by atoms with van der Waals surface area (Å²) in [6.45, 7) is 3.62. The second-order valence-corrected chi connectivity index (χ2v) is 8.24. The van der Waals surface area contributed by atoms with E-state index in [9.17, 15) is 19.4 Å². The monoisotopic (exact) mass is 471 g/mol. The number of carboxylic acid groups (broad SMARTS) is 1. The van der Waals surface area contributed by atoms with Crippen molar-refractivity contribution in [1.82, 2.24) is 0 Å². The predicted octanol–water partition coefficient (Wildman–Crippen LogP) is 6.22. The molecule has 4 rings (SSSR count). The van der Waals surface area contributed by atoms with Gasteiger partial charge in [0.2, 0.25) is 0 Å². The van der Waals surface area contributed by atoms with Crippen molar-refractivity contribution in [3.05, 3.63) is 69.9 Å². The van der Waals surface area contributed by atoms with Crippen LogP contribution in [0.1, 0.15) is 29.8 Å². The highest BCUT2D eigenvalue weighted by molar-refractivity contribution is 9.10. The molecular formula is C23H19BrFNO4. The maximum atomic E-state index is 14.8. The minimum absolute atomic E-state index is 0.0138. The summed E-state index contributed by atoms with van der Waals surface area (Å²) in [6.07, 6.45) is 0. The minimum Gasteiger partial charge on any atom is -0.478 e. The lowest BCUT2D eigenvalue weighted by molar-refractivity contribution is 0.0697. The van der Waals surface area contributed by atoms with Gasteiger partial charge in [-0.15, -0.1) is 0 Å². The Balaban J connectivity index is 2.04. The fourth-order valence-corrected chi connectivity index (χ4v) is 4.02. The average molecular weight is 472 g/mol. The topological polar surface area (TPSA) is 73.9 Å². The molecule has 0 saturated carbocycles. The molecule has 0 aliphatic rings. The van der Waals surface area contributed by atoms with E-state index in [0.29, 0.717) is 32.3 Å². The number of hydrogen-bond donors (Lipinski definition) is 2. The quantitative estimate of drug-likeness (QED) is 0.361. The lowest BCUT2D eigenvalue weighted by Gasteiger charge is -2.30. The molecule has 0 radical (unpaired) electrons. The van der Waals surface area contributed by atoms with Gasteiger partial charge in [0.15, 0.2) is 0 Å². The van der Waals surface area contributed by atoms with Crippen LogP contribution in [0, 0.1) is 5.82 Å². The van der Waals surface area contributed by atoms with Gasteiger partial charge in [-0.1, -0.05) is 22.0 Å². The molecule has 5 nitrogen and oxygen atoms in total. The summed E-state index contributed by atoms with van der Waals surface area (Å²) in [5, 5.41) is 20.8. The molecule has 3 aromatic carbocycles. The Morgan fingerprint density at radius 1 is 1.07 bits per heavy atom. The van der Waals surface area contributed by atoms with Crippen LogP contribution in [0.4, 0.5) is 15.8 Å². The number of aliphatic hydroxyl groups excluding tert-OH is 1. The van der Waals surface area contributed by atoms with Crippen LogP contribution in [0.2, 0.25) is 0 Å². The summed E-state index contributed by atoms with van der Waals surface area (Å²) in [4.78, 5) is 13.7. The summed E-state index contributed by atoms with van der Waals surface area (Å²) < 4.78 is 21.3. The van der Waals surface area contributed by atoms with Crippen molar-refractivity contribution in [3.63, 3.8) is 0 Å². The Morgan fingerprint density at radius 3 is 2.43 bits per heavy atom. The zero-order valence-electron chi connectivity index (χ0n) is 16.3. The van der Waals surface area contributed by atoms with Crippen molar-refractivity contribution in [2.45, 2.75) is 26.5 Å². The number of carbonyl (C=O) groups is 1. The van der Waals surface area contributed by atoms with Crippen molar-refractivity contribution < 1.29 is 23.8 Å². The lowest BCUT2D eigenvalue weighted by atomic mass is 10.0. The molecule has 0 aliphatic carbocycles. The number of rotatable bonds is 5. The Bertz CT molecular complexity index is 1280. The number of carboxylic acids is 1. The molecular weight excluding hydrogens is 453 g/mol. The zero-order chi connectivity index (χ0) is 21.6. The van der Waals surface area contributed by atoms with E-state index in [1.807, 2.05) is 19.9 Å². The van der Waals surface area contributed by atoms with Gasteiger partial charge in [0.25, 0.3) is 0 Å². The molecule has 0 atom stereocenters. The first-order valence-corrected chi connectivity index (χ1v) is 10.2. The van der Waals surface area contributed by atoms with Gasteiger partial charge in [-0.05, 0) is 61.9 Å². The fourth-order valence-electron chi connectivity index (χ4n) is 3.69. The van der Waals surface area contributed by atoms with E-state index in [4.69, 9.17) is 4.42 Å². The fraction of sp³-hybridized carbons (Fsp3) is 0.174. The molecule has 0 saturated heterocycles. The summed E-state index contributed by atoms with van der Waals surface area (Å²) in [5.74, 6) is -1.60. The third-order valence-electron chi connectivity index (χ3n) is 5.01. The maximum Gasteiger partial charge on any atom is 0.337 e. The molecule has 0 fully saturated rings. The van der Waals surface area contributed by atoms with Gasteiger partial charge in [0, 0.05) is 21.3 Å². The Kier molecular flexibility index (Phi) is 5.26. The summed E-state index contributed by atoms with van der Waals surface area (Å²) in [5.41, 5.74) is 2.37. The van der Waals surface area contributed by atoms with Crippen molar-refractivity contribution in [2.24, 2.45) is 0 Å². The third-order valence-corrected chi connectivity index (χ3v) is 5.50. The van der Waals surface area contributed by atoms with Crippen molar-refractivity contribution in [3.8, 4) is 0 Å². The summed E-state index contributed by atoms with van der Waals surface area (Å²) in [7, 11) is 0. The molecule has 0 aliphatic heterocycles.